The number of likely N-dealkylation sites (tertiary alicyclic amines) is 1. The Kier molecular flexibility index (Phi) is 4.18. The Balaban J connectivity index is 1.90. The number of piperidine rings is 1. The van der Waals surface area contributed by atoms with Crippen molar-refractivity contribution < 1.29 is 13.9 Å². The van der Waals surface area contributed by atoms with Gasteiger partial charge in [0, 0.05) is 12.6 Å². The lowest BCUT2D eigenvalue weighted by molar-refractivity contribution is -0.136. The average molecular weight is 251 g/mol. The summed E-state index contributed by atoms with van der Waals surface area (Å²) in [6, 6.07) is 6.39. The van der Waals surface area contributed by atoms with Crippen molar-refractivity contribution in [2.75, 3.05) is 13.2 Å². The van der Waals surface area contributed by atoms with E-state index in [0.29, 0.717) is 0 Å². The van der Waals surface area contributed by atoms with Crippen molar-refractivity contribution in [1.82, 2.24) is 4.90 Å². The maximum absolute atomic E-state index is 13.3. The summed E-state index contributed by atoms with van der Waals surface area (Å²) in [5.74, 6) is -0.363. The van der Waals surface area contributed by atoms with E-state index in [4.69, 9.17) is 4.74 Å². The van der Waals surface area contributed by atoms with E-state index in [-0.39, 0.29) is 24.3 Å². The number of hydrogen-bond acceptors (Lipinski definition) is 2. The molecule has 3 nitrogen and oxygen atoms in total. The number of ether oxygens (including phenoxy) is 1. The van der Waals surface area contributed by atoms with Crippen LogP contribution in [0.15, 0.2) is 24.3 Å². The highest BCUT2D eigenvalue weighted by molar-refractivity contribution is 5.78. The van der Waals surface area contributed by atoms with Crippen LogP contribution in [0.25, 0.3) is 0 Å². The smallest absolute Gasteiger partial charge is 0.260 e. The van der Waals surface area contributed by atoms with Gasteiger partial charge in [-0.2, -0.15) is 0 Å². The Morgan fingerprint density at radius 2 is 2.22 bits per heavy atom. The summed E-state index contributed by atoms with van der Waals surface area (Å²) in [6.07, 6.45) is 3.24. The molecule has 2 rings (SSSR count). The van der Waals surface area contributed by atoms with Gasteiger partial charge in [0.2, 0.25) is 0 Å². The molecule has 1 amide bonds. The van der Waals surface area contributed by atoms with Crippen LogP contribution in [-0.4, -0.2) is 30.0 Å². The second-order valence-electron chi connectivity index (χ2n) is 4.65. The maximum atomic E-state index is 13.3. The number of amides is 1. The van der Waals surface area contributed by atoms with Gasteiger partial charge in [0.05, 0.1) is 0 Å². The first-order valence-electron chi connectivity index (χ1n) is 6.35. The first-order chi connectivity index (χ1) is 8.68. The molecule has 1 heterocycles. The van der Waals surface area contributed by atoms with E-state index in [1.807, 2.05) is 11.8 Å². The molecule has 18 heavy (non-hydrogen) atoms. The van der Waals surface area contributed by atoms with Gasteiger partial charge in [-0.05, 0) is 38.3 Å². The first-order valence-corrected chi connectivity index (χ1v) is 6.35. The van der Waals surface area contributed by atoms with E-state index in [2.05, 4.69) is 0 Å². The fourth-order valence-corrected chi connectivity index (χ4v) is 2.25. The van der Waals surface area contributed by atoms with Crippen molar-refractivity contribution in [2.45, 2.75) is 32.2 Å². The van der Waals surface area contributed by atoms with Crippen molar-refractivity contribution in [2.24, 2.45) is 0 Å². The average Bonchev–Trinajstić information content (AvgIpc) is 2.38. The topological polar surface area (TPSA) is 29.5 Å². The van der Waals surface area contributed by atoms with Gasteiger partial charge in [-0.15, -0.1) is 0 Å². The van der Waals surface area contributed by atoms with Gasteiger partial charge in [-0.1, -0.05) is 12.1 Å². The van der Waals surface area contributed by atoms with E-state index in [1.165, 1.54) is 18.6 Å². The summed E-state index contributed by atoms with van der Waals surface area (Å²) in [4.78, 5) is 13.8. The van der Waals surface area contributed by atoms with Gasteiger partial charge in [0.25, 0.3) is 5.91 Å². The molecule has 1 aliphatic heterocycles. The molecule has 0 saturated carbocycles. The van der Waals surface area contributed by atoms with E-state index < -0.39 is 5.82 Å². The highest BCUT2D eigenvalue weighted by Crippen LogP contribution is 2.18. The molecule has 1 aromatic carbocycles. The number of carbonyl (C=O) groups is 1. The standard InChI is InChI=1S/C14H18FNO2/c1-11-6-4-5-9-16(11)14(17)10-18-13-8-3-2-7-12(13)15/h2-3,7-8,11H,4-6,9-10H2,1H3/t11-/m1/s1. The Hall–Kier alpha value is -1.58. The molecule has 0 bridgehead atoms. The molecule has 0 N–H and O–H groups in total. The lowest BCUT2D eigenvalue weighted by atomic mass is 10.0. The summed E-state index contributed by atoms with van der Waals surface area (Å²) < 4.78 is 18.5. The van der Waals surface area contributed by atoms with Crippen molar-refractivity contribution in [3.8, 4) is 5.75 Å². The molecule has 1 aromatic rings. The number of halogens is 1. The molecule has 1 atom stereocenters. The molecule has 98 valence electrons. The summed E-state index contributed by atoms with van der Waals surface area (Å²) in [5.41, 5.74) is 0. The third kappa shape index (κ3) is 3.00. The highest BCUT2D eigenvalue weighted by atomic mass is 19.1. The van der Waals surface area contributed by atoms with Crippen LogP contribution in [0.3, 0.4) is 0 Å². The van der Waals surface area contributed by atoms with E-state index in [0.717, 1.165) is 19.4 Å². The van der Waals surface area contributed by atoms with Gasteiger partial charge in [-0.25, -0.2) is 4.39 Å². The molecule has 0 unspecified atom stereocenters. The van der Waals surface area contributed by atoms with Gasteiger partial charge in [0.15, 0.2) is 18.2 Å². The van der Waals surface area contributed by atoms with Crippen molar-refractivity contribution >= 4 is 5.91 Å². The quantitative estimate of drug-likeness (QED) is 0.826. The van der Waals surface area contributed by atoms with Crippen LogP contribution in [-0.2, 0) is 4.79 Å². The van der Waals surface area contributed by atoms with Crippen LogP contribution in [0.5, 0.6) is 5.75 Å². The predicted octanol–water partition coefficient (Wildman–Crippen LogP) is 2.61. The van der Waals surface area contributed by atoms with Crippen molar-refractivity contribution in [3.63, 3.8) is 0 Å². The van der Waals surface area contributed by atoms with E-state index in [1.54, 1.807) is 12.1 Å². The van der Waals surface area contributed by atoms with Crippen molar-refractivity contribution in [1.29, 1.82) is 0 Å². The Labute approximate surface area is 107 Å². The zero-order chi connectivity index (χ0) is 13.0. The number of benzene rings is 1. The number of nitrogens with zero attached hydrogens (tertiary/aromatic N) is 1. The third-order valence-electron chi connectivity index (χ3n) is 3.31. The van der Waals surface area contributed by atoms with E-state index in [9.17, 15) is 9.18 Å². The molecule has 0 aromatic heterocycles. The summed E-state index contributed by atoms with van der Waals surface area (Å²) >= 11 is 0. The molecule has 1 fully saturated rings. The van der Waals surface area contributed by atoms with Gasteiger partial charge in [0.1, 0.15) is 0 Å². The lowest BCUT2D eigenvalue weighted by Gasteiger charge is -2.33. The monoisotopic (exact) mass is 251 g/mol. The Morgan fingerprint density at radius 1 is 1.44 bits per heavy atom. The van der Waals surface area contributed by atoms with E-state index >= 15 is 0 Å². The molecule has 1 saturated heterocycles. The van der Waals surface area contributed by atoms with Gasteiger partial charge in [-0.3, -0.25) is 4.79 Å². The third-order valence-corrected chi connectivity index (χ3v) is 3.31. The Bertz CT molecular complexity index is 422. The molecule has 1 aliphatic rings. The second-order valence-corrected chi connectivity index (χ2v) is 4.65. The minimum atomic E-state index is -0.433. The molecule has 0 spiro atoms. The largest absolute Gasteiger partial charge is 0.481 e. The van der Waals surface area contributed by atoms with Gasteiger partial charge < -0.3 is 9.64 Å². The fraction of sp³-hybridized carbons (Fsp3) is 0.500. The van der Waals surface area contributed by atoms with Crippen LogP contribution in [0, 0.1) is 5.82 Å². The van der Waals surface area contributed by atoms with Crippen LogP contribution in [0.2, 0.25) is 0 Å². The summed E-state index contributed by atoms with van der Waals surface area (Å²) in [6.45, 7) is 2.73. The number of para-hydroxylation sites is 1. The fourth-order valence-electron chi connectivity index (χ4n) is 2.25. The van der Waals surface area contributed by atoms with Crippen LogP contribution >= 0.6 is 0 Å². The molecular weight excluding hydrogens is 233 g/mol. The van der Waals surface area contributed by atoms with Crippen LogP contribution in [0.1, 0.15) is 26.2 Å². The highest BCUT2D eigenvalue weighted by Gasteiger charge is 2.23. The molecule has 0 radical (unpaired) electrons. The SMILES string of the molecule is C[C@@H]1CCCCN1C(=O)COc1ccccc1F. The summed E-state index contributed by atoms with van der Waals surface area (Å²) in [5, 5.41) is 0. The zero-order valence-corrected chi connectivity index (χ0v) is 10.6. The number of hydrogen-bond donors (Lipinski definition) is 0. The minimum absolute atomic E-state index is 0.0644. The Morgan fingerprint density at radius 3 is 2.94 bits per heavy atom. The second kappa shape index (κ2) is 5.85. The lowest BCUT2D eigenvalue weighted by Crippen LogP contribution is -2.44. The maximum Gasteiger partial charge on any atom is 0.260 e. The number of carbonyl (C=O) groups excluding carboxylic acids is 1. The van der Waals surface area contributed by atoms with Crippen molar-refractivity contribution in [3.05, 3.63) is 30.1 Å². The zero-order valence-electron chi connectivity index (χ0n) is 10.6. The first kappa shape index (κ1) is 12.9. The summed E-state index contributed by atoms with van der Waals surface area (Å²) in [7, 11) is 0. The molecule has 0 aliphatic carbocycles. The van der Waals surface area contributed by atoms with Crippen LogP contribution in [0.4, 0.5) is 4.39 Å². The van der Waals surface area contributed by atoms with Crippen LogP contribution < -0.4 is 4.74 Å². The molecule has 4 heteroatoms. The molecular formula is C14H18FNO2. The van der Waals surface area contributed by atoms with Gasteiger partial charge >= 0.3 is 0 Å². The number of rotatable bonds is 3. The minimum Gasteiger partial charge on any atom is -0.481 e. The predicted molar refractivity (Wildman–Crippen MR) is 66.9 cm³/mol. The normalized spacial score (nSPS) is 19.7.